The molecule has 0 N–H and O–H groups in total. The summed E-state index contributed by atoms with van der Waals surface area (Å²) in [6.45, 7) is 8.75. The van der Waals surface area contributed by atoms with E-state index < -0.39 is 21.5 Å². The van der Waals surface area contributed by atoms with Gasteiger partial charge >= 0.3 is 0 Å². The Bertz CT molecular complexity index is 994. The quantitative estimate of drug-likeness (QED) is 0.429. The van der Waals surface area contributed by atoms with E-state index >= 15 is 0 Å². The van der Waals surface area contributed by atoms with Crippen LogP contribution in [-0.4, -0.2) is 25.4 Å². The summed E-state index contributed by atoms with van der Waals surface area (Å²) >= 11 is 0. The molecule has 0 unspecified atom stereocenters. The second-order valence-corrected chi connectivity index (χ2v) is 9.17. The number of hydrogen-bond acceptors (Lipinski definition) is 3. The summed E-state index contributed by atoms with van der Waals surface area (Å²) in [5.41, 5.74) is 2.27. The largest absolute Gasteiger partial charge is 0.292 e. The zero-order valence-electron chi connectivity index (χ0n) is 16.7. The number of aromatic nitrogens is 1. The number of ketones is 1. The maximum Gasteiger partial charge on any atom is 0.185 e. The molecule has 0 radical (unpaired) electrons. The van der Waals surface area contributed by atoms with Crippen LogP contribution >= 0.6 is 0 Å². The minimum atomic E-state index is -1.49. The first kappa shape index (κ1) is 21.6. The SMILES string of the molecule is CC#Cc1ccc(C(=O)Cc2ccc(F)c(C(C)=N[S@](=O)C(C)(C)C)c2)nc1. The third-order valence-corrected chi connectivity index (χ3v) is 5.33. The van der Waals surface area contributed by atoms with Crippen molar-refractivity contribution < 1.29 is 13.4 Å². The summed E-state index contributed by atoms with van der Waals surface area (Å²) < 4.78 is 30.1. The molecule has 2 rings (SSSR count). The van der Waals surface area contributed by atoms with Crippen molar-refractivity contribution in [2.75, 3.05) is 0 Å². The molecule has 0 spiro atoms. The monoisotopic (exact) mass is 398 g/mol. The smallest absolute Gasteiger partial charge is 0.185 e. The van der Waals surface area contributed by atoms with Crippen molar-refractivity contribution >= 4 is 22.5 Å². The van der Waals surface area contributed by atoms with Gasteiger partial charge in [0.15, 0.2) is 5.78 Å². The van der Waals surface area contributed by atoms with Gasteiger partial charge in [-0.3, -0.25) is 9.78 Å². The van der Waals surface area contributed by atoms with Gasteiger partial charge in [0.1, 0.15) is 22.5 Å². The van der Waals surface area contributed by atoms with E-state index in [0.29, 0.717) is 17.0 Å². The van der Waals surface area contributed by atoms with Gasteiger partial charge in [-0.25, -0.2) is 8.60 Å². The number of carbonyl (C=O) groups excluding carboxylic acids is 1. The number of carbonyl (C=O) groups is 1. The highest BCUT2D eigenvalue weighted by Crippen LogP contribution is 2.17. The van der Waals surface area contributed by atoms with Gasteiger partial charge in [-0.15, -0.1) is 5.92 Å². The zero-order valence-corrected chi connectivity index (χ0v) is 17.5. The average molecular weight is 399 g/mol. The van der Waals surface area contributed by atoms with Crippen LogP contribution in [0.3, 0.4) is 0 Å². The summed E-state index contributed by atoms with van der Waals surface area (Å²) in [5, 5.41) is 0. The van der Waals surface area contributed by atoms with E-state index in [-0.39, 0.29) is 17.8 Å². The molecule has 6 heteroatoms. The number of rotatable bonds is 5. The van der Waals surface area contributed by atoms with E-state index in [1.807, 2.05) is 0 Å². The summed E-state index contributed by atoms with van der Waals surface area (Å²) in [5.74, 6) is 5.00. The van der Waals surface area contributed by atoms with Crippen LogP contribution < -0.4 is 0 Å². The van der Waals surface area contributed by atoms with Crippen molar-refractivity contribution in [1.82, 2.24) is 4.98 Å². The molecule has 0 aliphatic carbocycles. The van der Waals surface area contributed by atoms with Crippen LogP contribution in [0.25, 0.3) is 0 Å². The van der Waals surface area contributed by atoms with Crippen LogP contribution in [0.4, 0.5) is 4.39 Å². The highest BCUT2D eigenvalue weighted by atomic mass is 32.2. The molecule has 1 atom stereocenters. The van der Waals surface area contributed by atoms with Gasteiger partial charge in [-0.05, 0) is 64.4 Å². The van der Waals surface area contributed by atoms with Crippen molar-refractivity contribution in [3.63, 3.8) is 0 Å². The van der Waals surface area contributed by atoms with Crippen LogP contribution in [0, 0.1) is 17.7 Å². The second-order valence-electron chi connectivity index (χ2n) is 7.26. The fourth-order valence-electron chi connectivity index (χ4n) is 2.32. The molecule has 28 heavy (non-hydrogen) atoms. The molecule has 4 nitrogen and oxygen atoms in total. The van der Waals surface area contributed by atoms with Crippen molar-refractivity contribution in [2.45, 2.75) is 45.8 Å². The lowest BCUT2D eigenvalue weighted by Gasteiger charge is -2.14. The standard InChI is InChI=1S/C22H23FN2O2S/c1-6-7-16-9-11-20(24-14-16)21(26)13-17-8-10-19(23)18(12-17)15(2)25-28(27)22(3,4)5/h8-12,14H,13H2,1-5H3/t28-/m1/s1. The minimum absolute atomic E-state index is 0.0781. The average Bonchev–Trinajstić information content (AvgIpc) is 2.63. The topological polar surface area (TPSA) is 59.4 Å². The molecular formula is C22H23FN2O2S. The normalized spacial score (nSPS) is 12.9. The molecule has 0 fully saturated rings. The lowest BCUT2D eigenvalue weighted by molar-refractivity contribution is 0.0988. The number of hydrogen-bond donors (Lipinski definition) is 0. The van der Waals surface area contributed by atoms with Gasteiger partial charge in [0.05, 0.1) is 10.5 Å². The maximum absolute atomic E-state index is 14.3. The van der Waals surface area contributed by atoms with E-state index in [1.165, 1.54) is 6.07 Å². The maximum atomic E-state index is 14.3. The van der Waals surface area contributed by atoms with E-state index in [9.17, 15) is 13.4 Å². The molecule has 0 amide bonds. The van der Waals surface area contributed by atoms with Crippen LogP contribution in [0.15, 0.2) is 40.9 Å². The van der Waals surface area contributed by atoms with Gasteiger partial charge in [-0.1, -0.05) is 12.0 Å². The summed E-state index contributed by atoms with van der Waals surface area (Å²) in [6, 6.07) is 7.80. The number of pyridine rings is 1. The molecule has 0 aliphatic heterocycles. The zero-order chi connectivity index (χ0) is 20.9. The Morgan fingerprint density at radius 1 is 1.25 bits per heavy atom. The van der Waals surface area contributed by atoms with E-state index in [1.54, 1.807) is 65.1 Å². The molecule has 0 aliphatic rings. The van der Waals surface area contributed by atoms with E-state index in [4.69, 9.17) is 0 Å². The molecule has 1 aromatic carbocycles. The molecule has 0 saturated carbocycles. The number of benzene rings is 1. The second kappa shape index (κ2) is 9.03. The first-order chi connectivity index (χ1) is 13.1. The fraction of sp³-hybridized carbons (Fsp3) is 0.318. The van der Waals surface area contributed by atoms with E-state index in [0.717, 1.165) is 5.56 Å². The molecule has 0 saturated heterocycles. The van der Waals surface area contributed by atoms with Crippen LogP contribution in [0.1, 0.15) is 61.8 Å². The number of nitrogens with zero attached hydrogens (tertiary/aromatic N) is 2. The van der Waals surface area contributed by atoms with Crippen molar-refractivity contribution in [1.29, 1.82) is 0 Å². The van der Waals surface area contributed by atoms with Gasteiger partial charge in [0.2, 0.25) is 0 Å². The number of Topliss-reactive ketones (excluding diaryl/α,β-unsaturated/α-hetero) is 1. The Kier molecular flexibility index (Phi) is 6.98. The van der Waals surface area contributed by atoms with Crippen LogP contribution in [0.2, 0.25) is 0 Å². The van der Waals surface area contributed by atoms with Crippen molar-refractivity contribution in [3.05, 3.63) is 64.7 Å². The third-order valence-electron chi connectivity index (χ3n) is 3.85. The summed E-state index contributed by atoms with van der Waals surface area (Å²) in [4.78, 5) is 16.6. The number of halogens is 1. The van der Waals surface area contributed by atoms with Gasteiger partial charge in [0, 0.05) is 23.7 Å². The highest BCUT2D eigenvalue weighted by molar-refractivity contribution is 7.85. The summed E-state index contributed by atoms with van der Waals surface area (Å²) in [6.07, 6.45) is 1.63. The van der Waals surface area contributed by atoms with Crippen molar-refractivity contribution in [2.24, 2.45) is 4.40 Å². The van der Waals surface area contributed by atoms with E-state index in [2.05, 4.69) is 21.2 Å². The molecular weight excluding hydrogens is 375 g/mol. The van der Waals surface area contributed by atoms with Crippen molar-refractivity contribution in [3.8, 4) is 11.8 Å². The Balaban J connectivity index is 2.24. The molecule has 2 aromatic rings. The Hall–Kier alpha value is -2.65. The molecule has 1 heterocycles. The van der Waals surface area contributed by atoms with Gasteiger partial charge < -0.3 is 0 Å². The molecule has 1 aromatic heterocycles. The third kappa shape index (κ3) is 5.67. The predicted molar refractivity (Wildman–Crippen MR) is 111 cm³/mol. The van der Waals surface area contributed by atoms with Crippen LogP contribution in [0.5, 0.6) is 0 Å². The van der Waals surface area contributed by atoms with Gasteiger partial charge in [-0.2, -0.15) is 4.40 Å². The fourth-order valence-corrected chi connectivity index (χ4v) is 2.94. The molecule has 0 bridgehead atoms. The lowest BCUT2D eigenvalue weighted by atomic mass is 10.0. The summed E-state index contributed by atoms with van der Waals surface area (Å²) in [7, 11) is -1.49. The predicted octanol–water partition coefficient (Wildman–Crippen LogP) is 4.29. The van der Waals surface area contributed by atoms with Gasteiger partial charge in [0.25, 0.3) is 0 Å². The Morgan fingerprint density at radius 2 is 1.96 bits per heavy atom. The first-order valence-electron chi connectivity index (χ1n) is 8.80. The Morgan fingerprint density at radius 3 is 2.54 bits per heavy atom. The first-order valence-corrected chi connectivity index (χ1v) is 9.90. The highest BCUT2D eigenvalue weighted by Gasteiger charge is 2.20. The van der Waals surface area contributed by atoms with Crippen LogP contribution in [-0.2, 0) is 17.4 Å². The Labute approximate surface area is 167 Å². The minimum Gasteiger partial charge on any atom is -0.292 e. The lowest BCUT2D eigenvalue weighted by Crippen LogP contribution is -2.21. The molecule has 146 valence electrons.